The predicted octanol–water partition coefficient (Wildman–Crippen LogP) is 2.38. The van der Waals surface area contributed by atoms with Crippen LogP contribution in [0, 0.1) is 6.92 Å². The Balaban J connectivity index is 2.14. The van der Waals surface area contributed by atoms with Crippen LogP contribution in [0.15, 0.2) is 18.2 Å². The van der Waals surface area contributed by atoms with Gasteiger partial charge in [-0.1, -0.05) is 12.5 Å². The van der Waals surface area contributed by atoms with Crippen LogP contribution in [-0.2, 0) is 10.2 Å². The van der Waals surface area contributed by atoms with Gasteiger partial charge in [-0.3, -0.25) is 4.79 Å². The van der Waals surface area contributed by atoms with Crippen LogP contribution < -0.4 is 0 Å². The molecule has 2 N–H and O–H groups in total. The van der Waals surface area contributed by atoms with Crippen molar-refractivity contribution in [2.24, 2.45) is 0 Å². The van der Waals surface area contributed by atoms with Gasteiger partial charge < -0.3 is 10.1 Å². The van der Waals surface area contributed by atoms with E-state index in [1.807, 2.05) is 25.1 Å². The molecule has 1 saturated carbocycles. The van der Waals surface area contributed by atoms with Gasteiger partial charge in [0.1, 0.15) is 11.2 Å². The maximum atomic E-state index is 11.4. The average molecular weight is 230 g/mol. The summed E-state index contributed by atoms with van der Waals surface area (Å²) in [6, 6.07) is 5.92. The second-order valence-electron chi connectivity index (χ2n) is 4.85. The number of H-pyrrole nitrogens is 1. The van der Waals surface area contributed by atoms with Gasteiger partial charge in [0.25, 0.3) is 0 Å². The van der Waals surface area contributed by atoms with E-state index in [1.54, 1.807) is 0 Å². The predicted molar refractivity (Wildman–Crippen MR) is 64.0 cm³/mol. The first-order valence-corrected chi connectivity index (χ1v) is 5.82. The van der Waals surface area contributed by atoms with E-state index in [9.17, 15) is 9.90 Å². The summed E-state index contributed by atoms with van der Waals surface area (Å²) in [5.41, 5.74) is 2.14. The van der Waals surface area contributed by atoms with E-state index in [0.717, 1.165) is 23.0 Å². The lowest BCUT2D eigenvalue weighted by atomic mass is 9.68. The molecule has 0 amide bonds. The number of fused-ring (bicyclic) bond motifs is 1. The summed E-state index contributed by atoms with van der Waals surface area (Å²) in [4.78, 5) is 19.0. The molecule has 0 atom stereocenters. The number of benzene rings is 1. The largest absolute Gasteiger partial charge is 0.480 e. The Kier molecular flexibility index (Phi) is 2.02. The SMILES string of the molecule is Cc1ccc2nc(C3(C(=O)O)CCC3)[nH]c2c1. The zero-order chi connectivity index (χ0) is 12.0. The monoisotopic (exact) mass is 230 g/mol. The Labute approximate surface area is 98.7 Å². The molecule has 0 bridgehead atoms. The number of hydrogen-bond donors (Lipinski definition) is 2. The molecular formula is C13H14N2O2. The van der Waals surface area contributed by atoms with Crippen LogP contribution in [0.1, 0.15) is 30.7 Å². The lowest BCUT2D eigenvalue weighted by Gasteiger charge is -2.35. The Hall–Kier alpha value is -1.84. The summed E-state index contributed by atoms with van der Waals surface area (Å²) >= 11 is 0. The fraction of sp³-hybridized carbons (Fsp3) is 0.385. The Morgan fingerprint density at radius 3 is 2.82 bits per heavy atom. The van der Waals surface area contributed by atoms with Crippen LogP contribution in [0.25, 0.3) is 11.0 Å². The molecule has 0 spiro atoms. The van der Waals surface area contributed by atoms with E-state index < -0.39 is 11.4 Å². The molecule has 2 aromatic rings. The average Bonchev–Trinajstić information content (AvgIpc) is 2.57. The number of aryl methyl sites for hydroxylation is 1. The lowest BCUT2D eigenvalue weighted by molar-refractivity contribution is -0.147. The van der Waals surface area contributed by atoms with Gasteiger partial charge in [-0.25, -0.2) is 4.98 Å². The lowest BCUT2D eigenvalue weighted by Crippen LogP contribution is -2.43. The number of aromatic amines is 1. The molecule has 1 aromatic heterocycles. The number of nitrogens with zero attached hydrogens (tertiary/aromatic N) is 1. The van der Waals surface area contributed by atoms with Crippen LogP contribution in [0.2, 0.25) is 0 Å². The third kappa shape index (κ3) is 1.37. The van der Waals surface area contributed by atoms with Crippen molar-refractivity contribution < 1.29 is 9.90 Å². The van der Waals surface area contributed by atoms with E-state index in [0.29, 0.717) is 18.7 Å². The Morgan fingerprint density at radius 2 is 2.24 bits per heavy atom. The first-order chi connectivity index (χ1) is 8.12. The minimum atomic E-state index is -0.771. The first kappa shape index (κ1) is 10.3. The van der Waals surface area contributed by atoms with Crippen molar-refractivity contribution in [1.29, 1.82) is 0 Å². The van der Waals surface area contributed by atoms with Crippen molar-refractivity contribution in [3.05, 3.63) is 29.6 Å². The van der Waals surface area contributed by atoms with E-state index in [2.05, 4.69) is 9.97 Å². The van der Waals surface area contributed by atoms with Crippen LogP contribution in [0.3, 0.4) is 0 Å². The fourth-order valence-corrected chi connectivity index (χ4v) is 2.43. The minimum absolute atomic E-state index is 0.608. The number of aliphatic carboxylic acids is 1. The summed E-state index contributed by atoms with van der Waals surface area (Å²) in [7, 11) is 0. The highest BCUT2D eigenvalue weighted by Gasteiger charge is 2.48. The zero-order valence-corrected chi connectivity index (χ0v) is 9.66. The molecule has 0 aliphatic heterocycles. The quantitative estimate of drug-likeness (QED) is 0.832. The smallest absolute Gasteiger partial charge is 0.317 e. The maximum absolute atomic E-state index is 11.4. The molecule has 1 heterocycles. The van der Waals surface area contributed by atoms with Crippen molar-refractivity contribution in [3.8, 4) is 0 Å². The number of carboxylic acid groups (broad SMARTS) is 1. The van der Waals surface area contributed by atoms with Gasteiger partial charge in [-0.05, 0) is 37.5 Å². The van der Waals surface area contributed by atoms with Gasteiger partial charge in [0.05, 0.1) is 11.0 Å². The van der Waals surface area contributed by atoms with E-state index in [-0.39, 0.29) is 0 Å². The molecule has 1 fully saturated rings. The topological polar surface area (TPSA) is 66.0 Å². The molecule has 0 radical (unpaired) electrons. The zero-order valence-electron chi connectivity index (χ0n) is 9.66. The van der Waals surface area contributed by atoms with Crippen LogP contribution in [0.5, 0.6) is 0 Å². The molecule has 1 aliphatic rings. The molecule has 1 aliphatic carbocycles. The second-order valence-corrected chi connectivity index (χ2v) is 4.85. The number of carbonyl (C=O) groups is 1. The molecule has 4 heteroatoms. The molecule has 0 unspecified atom stereocenters. The van der Waals surface area contributed by atoms with Crippen LogP contribution in [0.4, 0.5) is 0 Å². The number of carboxylic acids is 1. The summed E-state index contributed by atoms with van der Waals surface area (Å²) in [6.07, 6.45) is 2.32. The number of hydrogen-bond acceptors (Lipinski definition) is 2. The number of aromatic nitrogens is 2. The van der Waals surface area contributed by atoms with Gasteiger partial charge in [-0.15, -0.1) is 0 Å². The first-order valence-electron chi connectivity index (χ1n) is 5.82. The Morgan fingerprint density at radius 1 is 1.47 bits per heavy atom. The van der Waals surface area contributed by atoms with Gasteiger partial charge in [0.2, 0.25) is 0 Å². The fourth-order valence-electron chi connectivity index (χ4n) is 2.43. The third-order valence-electron chi connectivity index (χ3n) is 3.71. The highest BCUT2D eigenvalue weighted by molar-refractivity contribution is 5.84. The Bertz CT molecular complexity index is 596. The summed E-state index contributed by atoms with van der Waals surface area (Å²) in [6.45, 7) is 2.01. The van der Waals surface area contributed by atoms with Gasteiger partial charge in [0, 0.05) is 0 Å². The van der Waals surface area contributed by atoms with Crippen molar-refractivity contribution in [2.45, 2.75) is 31.6 Å². The minimum Gasteiger partial charge on any atom is -0.480 e. The second kappa shape index (κ2) is 3.32. The standard InChI is InChI=1S/C13H14N2O2/c1-8-3-4-9-10(7-8)15-11(14-9)13(12(16)17)5-2-6-13/h3-4,7H,2,5-6H2,1H3,(H,14,15)(H,16,17). The van der Waals surface area contributed by atoms with Crippen LogP contribution >= 0.6 is 0 Å². The molecule has 0 saturated heterocycles. The van der Waals surface area contributed by atoms with E-state index in [1.165, 1.54) is 0 Å². The highest BCUT2D eigenvalue weighted by Crippen LogP contribution is 2.43. The molecule has 3 rings (SSSR count). The number of rotatable bonds is 2. The maximum Gasteiger partial charge on any atom is 0.317 e. The van der Waals surface area contributed by atoms with Crippen molar-refractivity contribution in [1.82, 2.24) is 9.97 Å². The normalized spacial score (nSPS) is 17.9. The summed E-state index contributed by atoms with van der Waals surface area (Å²) in [5, 5.41) is 9.36. The van der Waals surface area contributed by atoms with Crippen molar-refractivity contribution in [3.63, 3.8) is 0 Å². The van der Waals surface area contributed by atoms with Gasteiger partial charge >= 0.3 is 5.97 Å². The van der Waals surface area contributed by atoms with Crippen molar-refractivity contribution in [2.75, 3.05) is 0 Å². The molecular weight excluding hydrogens is 216 g/mol. The highest BCUT2D eigenvalue weighted by atomic mass is 16.4. The molecule has 4 nitrogen and oxygen atoms in total. The number of imidazole rings is 1. The van der Waals surface area contributed by atoms with E-state index in [4.69, 9.17) is 0 Å². The summed E-state index contributed by atoms with van der Waals surface area (Å²) in [5.74, 6) is -0.156. The van der Waals surface area contributed by atoms with Gasteiger partial charge in [-0.2, -0.15) is 0 Å². The van der Waals surface area contributed by atoms with Crippen molar-refractivity contribution >= 4 is 17.0 Å². The molecule has 17 heavy (non-hydrogen) atoms. The molecule has 1 aromatic carbocycles. The third-order valence-corrected chi connectivity index (χ3v) is 3.71. The van der Waals surface area contributed by atoms with Gasteiger partial charge in [0.15, 0.2) is 0 Å². The molecule has 88 valence electrons. The van der Waals surface area contributed by atoms with E-state index >= 15 is 0 Å². The van der Waals surface area contributed by atoms with Crippen LogP contribution in [-0.4, -0.2) is 21.0 Å². The summed E-state index contributed by atoms with van der Waals surface area (Å²) < 4.78 is 0. The number of nitrogens with one attached hydrogen (secondary N) is 1.